The van der Waals surface area contributed by atoms with Crippen molar-refractivity contribution >= 4 is 5.91 Å². The fourth-order valence-electron chi connectivity index (χ4n) is 2.84. The summed E-state index contributed by atoms with van der Waals surface area (Å²) in [5, 5.41) is 0. The Labute approximate surface area is 126 Å². The highest BCUT2D eigenvalue weighted by atomic mass is 16.5. The van der Waals surface area contributed by atoms with Crippen LogP contribution >= 0.6 is 0 Å². The van der Waals surface area contributed by atoms with Gasteiger partial charge in [0.15, 0.2) is 6.61 Å². The van der Waals surface area contributed by atoms with Crippen LogP contribution in [0.5, 0.6) is 11.5 Å². The fourth-order valence-corrected chi connectivity index (χ4v) is 2.84. The molecular weight excluding hydrogens is 268 g/mol. The van der Waals surface area contributed by atoms with Gasteiger partial charge in [-0.3, -0.25) is 4.79 Å². The zero-order chi connectivity index (χ0) is 15.2. The Bertz CT molecular complexity index is 478. The molecule has 1 heterocycles. The van der Waals surface area contributed by atoms with Crippen molar-refractivity contribution in [1.82, 2.24) is 4.90 Å². The quantitative estimate of drug-likeness (QED) is 0.896. The molecule has 2 N–H and O–H groups in total. The molecule has 0 aliphatic carbocycles. The van der Waals surface area contributed by atoms with Crippen LogP contribution in [0.1, 0.15) is 19.8 Å². The summed E-state index contributed by atoms with van der Waals surface area (Å²) in [5.74, 6) is 1.80. The Balaban J connectivity index is 1.94. The van der Waals surface area contributed by atoms with Crippen LogP contribution in [0.2, 0.25) is 0 Å². The third kappa shape index (κ3) is 3.88. The predicted octanol–water partition coefficient (Wildman–Crippen LogP) is 1.66. The van der Waals surface area contributed by atoms with Gasteiger partial charge in [-0.15, -0.1) is 0 Å². The SMILES string of the molecule is COc1cccc(OCC(=O)N2CCC[C@H](C)[C@H]2CN)c1. The topological polar surface area (TPSA) is 64.8 Å². The summed E-state index contributed by atoms with van der Waals surface area (Å²) in [6, 6.07) is 7.39. The largest absolute Gasteiger partial charge is 0.497 e. The zero-order valence-corrected chi connectivity index (χ0v) is 12.7. The van der Waals surface area contributed by atoms with Gasteiger partial charge in [-0.2, -0.15) is 0 Å². The van der Waals surface area contributed by atoms with Crippen LogP contribution in [0.3, 0.4) is 0 Å². The van der Waals surface area contributed by atoms with E-state index in [1.54, 1.807) is 13.2 Å². The van der Waals surface area contributed by atoms with E-state index in [2.05, 4.69) is 6.92 Å². The molecule has 21 heavy (non-hydrogen) atoms. The third-order valence-electron chi connectivity index (χ3n) is 4.08. The number of rotatable bonds is 5. The van der Waals surface area contributed by atoms with Crippen molar-refractivity contribution in [3.8, 4) is 11.5 Å². The summed E-state index contributed by atoms with van der Waals surface area (Å²) in [7, 11) is 1.60. The molecule has 2 rings (SSSR count). The lowest BCUT2D eigenvalue weighted by molar-refractivity contribution is -0.138. The van der Waals surface area contributed by atoms with Crippen LogP contribution in [-0.2, 0) is 4.79 Å². The highest BCUT2D eigenvalue weighted by Crippen LogP contribution is 2.23. The average molecular weight is 292 g/mol. The number of carbonyl (C=O) groups excluding carboxylic acids is 1. The average Bonchev–Trinajstić information content (AvgIpc) is 2.52. The Hall–Kier alpha value is -1.75. The van der Waals surface area contributed by atoms with Gasteiger partial charge >= 0.3 is 0 Å². The molecule has 1 aliphatic heterocycles. The molecule has 1 aromatic rings. The molecule has 0 saturated carbocycles. The molecule has 0 aromatic heterocycles. The summed E-state index contributed by atoms with van der Waals surface area (Å²) >= 11 is 0. The molecule has 2 atom stereocenters. The highest BCUT2D eigenvalue weighted by Gasteiger charge is 2.30. The van der Waals surface area contributed by atoms with Crippen LogP contribution in [0.4, 0.5) is 0 Å². The predicted molar refractivity (Wildman–Crippen MR) is 81.4 cm³/mol. The number of ether oxygens (including phenoxy) is 2. The molecule has 116 valence electrons. The van der Waals surface area contributed by atoms with Crippen molar-refractivity contribution < 1.29 is 14.3 Å². The molecule has 1 amide bonds. The molecule has 0 spiro atoms. The molecule has 1 aliphatic rings. The van der Waals surface area contributed by atoms with E-state index < -0.39 is 0 Å². The first kappa shape index (κ1) is 15.6. The van der Waals surface area contributed by atoms with Gasteiger partial charge in [0, 0.05) is 25.2 Å². The minimum absolute atomic E-state index is 0.000167. The fraction of sp³-hybridized carbons (Fsp3) is 0.562. The van der Waals surface area contributed by atoms with E-state index in [9.17, 15) is 4.79 Å². The van der Waals surface area contributed by atoms with Crippen molar-refractivity contribution in [1.29, 1.82) is 0 Å². The summed E-state index contributed by atoms with van der Waals surface area (Å²) in [6.07, 6.45) is 2.16. The van der Waals surface area contributed by atoms with Crippen molar-refractivity contribution in [3.63, 3.8) is 0 Å². The number of methoxy groups -OCH3 is 1. The Morgan fingerprint density at radius 3 is 2.90 bits per heavy atom. The van der Waals surface area contributed by atoms with E-state index in [0.717, 1.165) is 19.4 Å². The van der Waals surface area contributed by atoms with Crippen LogP contribution in [0, 0.1) is 5.92 Å². The maximum atomic E-state index is 12.4. The van der Waals surface area contributed by atoms with Gasteiger partial charge in [0.1, 0.15) is 11.5 Å². The van der Waals surface area contributed by atoms with Gasteiger partial charge in [-0.05, 0) is 30.9 Å². The highest BCUT2D eigenvalue weighted by molar-refractivity contribution is 5.78. The molecule has 0 unspecified atom stereocenters. The lowest BCUT2D eigenvalue weighted by Crippen LogP contribution is -2.52. The molecule has 0 radical (unpaired) electrons. The molecule has 5 heteroatoms. The first-order chi connectivity index (χ1) is 10.2. The summed E-state index contributed by atoms with van der Waals surface area (Å²) < 4.78 is 10.7. The van der Waals surface area contributed by atoms with Gasteiger partial charge in [0.05, 0.1) is 7.11 Å². The summed E-state index contributed by atoms with van der Waals surface area (Å²) in [4.78, 5) is 14.2. The molecule has 5 nitrogen and oxygen atoms in total. The van der Waals surface area contributed by atoms with Gasteiger partial charge in [0.25, 0.3) is 5.91 Å². The number of benzene rings is 1. The lowest BCUT2D eigenvalue weighted by Gasteiger charge is -2.39. The van der Waals surface area contributed by atoms with E-state index in [-0.39, 0.29) is 18.6 Å². The molecule has 1 saturated heterocycles. The Morgan fingerprint density at radius 2 is 2.19 bits per heavy atom. The molecule has 0 bridgehead atoms. The van der Waals surface area contributed by atoms with Gasteiger partial charge in [-0.1, -0.05) is 13.0 Å². The van der Waals surface area contributed by atoms with Crippen molar-refractivity contribution in [3.05, 3.63) is 24.3 Å². The van der Waals surface area contributed by atoms with Gasteiger partial charge in [0.2, 0.25) is 0 Å². The minimum atomic E-state index is -0.000167. The maximum absolute atomic E-state index is 12.4. The molecule has 1 fully saturated rings. The second-order valence-corrected chi connectivity index (χ2v) is 5.48. The maximum Gasteiger partial charge on any atom is 0.260 e. The van der Waals surface area contributed by atoms with Crippen LogP contribution in [0.15, 0.2) is 24.3 Å². The van der Waals surface area contributed by atoms with Gasteiger partial charge < -0.3 is 20.1 Å². The normalized spacial score (nSPS) is 22.0. The molecule has 1 aromatic carbocycles. The van der Waals surface area contributed by atoms with Crippen molar-refractivity contribution in [2.45, 2.75) is 25.8 Å². The standard InChI is InChI=1S/C16H24N2O3/c1-12-5-4-8-18(15(12)10-17)16(19)11-21-14-7-3-6-13(9-14)20-2/h3,6-7,9,12,15H,4-5,8,10-11,17H2,1-2H3/t12-,15+/m0/s1. The van der Waals surface area contributed by atoms with Crippen LogP contribution in [0.25, 0.3) is 0 Å². The smallest absolute Gasteiger partial charge is 0.260 e. The number of nitrogens with two attached hydrogens (primary N) is 1. The lowest BCUT2D eigenvalue weighted by atomic mass is 9.91. The Morgan fingerprint density at radius 1 is 1.43 bits per heavy atom. The van der Waals surface area contributed by atoms with Crippen molar-refractivity contribution in [2.75, 3.05) is 26.8 Å². The number of hydrogen-bond donors (Lipinski definition) is 1. The van der Waals surface area contributed by atoms with E-state index in [1.165, 1.54) is 0 Å². The number of carbonyl (C=O) groups is 1. The van der Waals surface area contributed by atoms with Crippen LogP contribution in [-0.4, -0.2) is 43.7 Å². The van der Waals surface area contributed by atoms with Gasteiger partial charge in [-0.25, -0.2) is 0 Å². The number of likely N-dealkylation sites (tertiary alicyclic amines) is 1. The van der Waals surface area contributed by atoms with E-state index >= 15 is 0 Å². The number of hydrogen-bond acceptors (Lipinski definition) is 4. The second kappa shape index (κ2) is 7.31. The number of nitrogens with zero attached hydrogens (tertiary/aromatic N) is 1. The van der Waals surface area contributed by atoms with Crippen molar-refractivity contribution in [2.24, 2.45) is 11.7 Å². The molecular formula is C16H24N2O3. The monoisotopic (exact) mass is 292 g/mol. The third-order valence-corrected chi connectivity index (χ3v) is 4.08. The first-order valence-corrected chi connectivity index (χ1v) is 7.42. The summed E-state index contributed by atoms with van der Waals surface area (Å²) in [5.41, 5.74) is 5.82. The number of amides is 1. The summed E-state index contributed by atoms with van der Waals surface area (Å²) in [6.45, 7) is 3.47. The number of piperidine rings is 1. The second-order valence-electron chi connectivity index (χ2n) is 5.48. The minimum Gasteiger partial charge on any atom is -0.497 e. The van der Waals surface area contributed by atoms with E-state index in [4.69, 9.17) is 15.2 Å². The van der Waals surface area contributed by atoms with Crippen LogP contribution < -0.4 is 15.2 Å². The van der Waals surface area contributed by atoms with E-state index in [0.29, 0.717) is 24.0 Å². The van der Waals surface area contributed by atoms with E-state index in [1.807, 2.05) is 23.1 Å². The zero-order valence-electron chi connectivity index (χ0n) is 12.7. The Kier molecular flexibility index (Phi) is 5.44. The first-order valence-electron chi connectivity index (χ1n) is 7.42.